The lowest BCUT2D eigenvalue weighted by Gasteiger charge is -2.18. The van der Waals surface area contributed by atoms with E-state index in [-0.39, 0.29) is 4.90 Å². The van der Waals surface area contributed by atoms with Crippen LogP contribution in [0.1, 0.15) is 11.1 Å². The van der Waals surface area contributed by atoms with Gasteiger partial charge >= 0.3 is 0 Å². The first-order valence-corrected chi connectivity index (χ1v) is 9.50. The van der Waals surface area contributed by atoms with Gasteiger partial charge in [0.15, 0.2) is 0 Å². The minimum absolute atomic E-state index is 0.281. The smallest absolute Gasteiger partial charge is 0.240 e. The van der Waals surface area contributed by atoms with E-state index in [1.807, 2.05) is 36.7 Å². The molecule has 0 saturated heterocycles. The quantitative estimate of drug-likeness (QED) is 0.739. The second kappa shape index (κ2) is 7.31. The number of benzene rings is 2. The molecular weight excluding hydrogens is 334 g/mol. The van der Waals surface area contributed by atoms with Crippen LogP contribution in [0.3, 0.4) is 0 Å². The molecule has 0 fully saturated rings. The van der Waals surface area contributed by atoms with Crippen molar-refractivity contribution in [3.63, 3.8) is 0 Å². The zero-order valence-electron chi connectivity index (χ0n) is 14.3. The minimum Gasteiger partial charge on any atom is -0.298 e. The van der Waals surface area contributed by atoms with Crippen LogP contribution in [0.5, 0.6) is 0 Å². The fraction of sp³-hybridized carbons (Fsp3) is 0.211. The molecule has 0 aliphatic heterocycles. The van der Waals surface area contributed by atoms with Gasteiger partial charge in [-0.2, -0.15) is 0 Å². The number of nitrogens with one attached hydrogen (secondary N) is 1. The van der Waals surface area contributed by atoms with Gasteiger partial charge in [-0.1, -0.05) is 30.3 Å². The molecule has 0 saturated carbocycles. The Labute approximate surface area is 148 Å². The Hall–Kier alpha value is -2.28. The standard InChI is InChI=1S/C19H21N3O2S/c1-20-25(23,24)18-8-6-15(7-9-18)13-22(2)14-17-5-3-4-16-12-21-11-10-19(16)17/h3-12,20H,13-14H2,1-2H3. The van der Waals surface area contributed by atoms with Crippen molar-refractivity contribution < 1.29 is 8.42 Å². The summed E-state index contributed by atoms with van der Waals surface area (Å²) in [5.74, 6) is 0. The Morgan fingerprint density at radius 2 is 1.80 bits per heavy atom. The van der Waals surface area contributed by atoms with Crippen LogP contribution in [0.15, 0.2) is 65.8 Å². The van der Waals surface area contributed by atoms with Crippen LogP contribution in [-0.2, 0) is 23.1 Å². The van der Waals surface area contributed by atoms with Crippen LogP contribution in [0.4, 0.5) is 0 Å². The van der Waals surface area contributed by atoms with E-state index in [9.17, 15) is 8.42 Å². The van der Waals surface area contributed by atoms with E-state index >= 15 is 0 Å². The summed E-state index contributed by atoms with van der Waals surface area (Å²) in [4.78, 5) is 6.65. The molecule has 1 heterocycles. The molecule has 0 radical (unpaired) electrons. The maximum absolute atomic E-state index is 11.8. The predicted molar refractivity (Wildman–Crippen MR) is 99.6 cm³/mol. The third-order valence-electron chi connectivity index (χ3n) is 4.17. The fourth-order valence-electron chi connectivity index (χ4n) is 2.88. The molecule has 5 nitrogen and oxygen atoms in total. The molecule has 130 valence electrons. The predicted octanol–water partition coefficient (Wildman–Crippen LogP) is 2.77. The zero-order valence-corrected chi connectivity index (χ0v) is 15.1. The molecule has 6 heteroatoms. The molecule has 1 aromatic heterocycles. The number of aromatic nitrogens is 1. The molecule has 0 amide bonds. The van der Waals surface area contributed by atoms with Gasteiger partial charge in [0.25, 0.3) is 0 Å². The maximum Gasteiger partial charge on any atom is 0.240 e. The van der Waals surface area contributed by atoms with Crippen molar-refractivity contribution in [1.29, 1.82) is 0 Å². The average molecular weight is 355 g/mol. The molecule has 0 atom stereocenters. The number of fused-ring (bicyclic) bond motifs is 1. The monoisotopic (exact) mass is 355 g/mol. The molecule has 3 aromatic rings. The molecular formula is C19H21N3O2S. The van der Waals surface area contributed by atoms with E-state index < -0.39 is 10.0 Å². The number of hydrogen-bond acceptors (Lipinski definition) is 4. The van der Waals surface area contributed by atoms with Gasteiger partial charge < -0.3 is 0 Å². The molecule has 0 aliphatic rings. The number of sulfonamides is 1. The highest BCUT2D eigenvalue weighted by Gasteiger charge is 2.11. The first-order valence-electron chi connectivity index (χ1n) is 8.02. The summed E-state index contributed by atoms with van der Waals surface area (Å²) < 4.78 is 25.9. The first kappa shape index (κ1) is 17.5. The van der Waals surface area contributed by atoms with E-state index in [2.05, 4.69) is 33.8 Å². The van der Waals surface area contributed by atoms with Crippen LogP contribution < -0.4 is 4.72 Å². The Morgan fingerprint density at radius 1 is 1.04 bits per heavy atom. The SMILES string of the molecule is CNS(=O)(=O)c1ccc(CN(C)Cc2cccc3cnccc23)cc1. The van der Waals surface area contributed by atoms with Crippen molar-refractivity contribution in [2.45, 2.75) is 18.0 Å². The molecule has 25 heavy (non-hydrogen) atoms. The second-order valence-electron chi connectivity index (χ2n) is 6.04. The number of rotatable bonds is 6. The lowest BCUT2D eigenvalue weighted by atomic mass is 10.1. The molecule has 2 aromatic carbocycles. The number of hydrogen-bond donors (Lipinski definition) is 1. The highest BCUT2D eigenvalue weighted by Crippen LogP contribution is 2.19. The molecule has 0 bridgehead atoms. The zero-order chi connectivity index (χ0) is 17.9. The van der Waals surface area contributed by atoms with E-state index in [1.165, 1.54) is 18.0 Å². The third kappa shape index (κ3) is 4.04. The largest absolute Gasteiger partial charge is 0.298 e. The van der Waals surface area contributed by atoms with Gasteiger partial charge in [0.1, 0.15) is 0 Å². The molecule has 0 aliphatic carbocycles. The van der Waals surface area contributed by atoms with Gasteiger partial charge in [0, 0.05) is 30.9 Å². The average Bonchev–Trinajstić information content (AvgIpc) is 2.62. The highest BCUT2D eigenvalue weighted by molar-refractivity contribution is 7.89. The molecule has 1 N–H and O–H groups in total. The van der Waals surface area contributed by atoms with E-state index in [0.29, 0.717) is 0 Å². The van der Waals surface area contributed by atoms with E-state index in [4.69, 9.17) is 0 Å². The van der Waals surface area contributed by atoms with E-state index in [1.54, 1.807) is 12.1 Å². The van der Waals surface area contributed by atoms with Crippen molar-refractivity contribution in [1.82, 2.24) is 14.6 Å². The van der Waals surface area contributed by atoms with Crippen LogP contribution >= 0.6 is 0 Å². The van der Waals surface area contributed by atoms with Crippen LogP contribution in [0.25, 0.3) is 10.8 Å². The Bertz CT molecular complexity index is 964. The Kier molecular flexibility index (Phi) is 5.13. The molecule has 3 rings (SSSR count). The minimum atomic E-state index is -3.39. The van der Waals surface area contributed by atoms with E-state index in [0.717, 1.165) is 24.0 Å². The van der Waals surface area contributed by atoms with Crippen molar-refractivity contribution in [3.05, 3.63) is 72.1 Å². The van der Waals surface area contributed by atoms with Gasteiger partial charge in [0.2, 0.25) is 10.0 Å². The molecule has 0 unspecified atom stereocenters. The summed E-state index contributed by atoms with van der Waals surface area (Å²) in [6.45, 7) is 1.54. The summed E-state index contributed by atoms with van der Waals surface area (Å²) in [5, 5.41) is 2.34. The summed E-state index contributed by atoms with van der Waals surface area (Å²) in [6.07, 6.45) is 3.69. The second-order valence-corrected chi connectivity index (χ2v) is 7.92. The first-order chi connectivity index (χ1) is 12.0. The van der Waals surface area contributed by atoms with Gasteiger partial charge in [0.05, 0.1) is 4.90 Å². The van der Waals surface area contributed by atoms with Crippen molar-refractivity contribution >= 4 is 20.8 Å². The van der Waals surface area contributed by atoms with Crippen LogP contribution in [0, 0.1) is 0 Å². The van der Waals surface area contributed by atoms with Crippen molar-refractivity contribution in [3.8, 4) is 0 Å². The Balaban J connectivity index is 1.73. The summed E-state index contributed by atoms with van der Waals surface area (Å²) in [6, 6.07) is 15.3. The lowest BCUT2D eigenvalue weighted by Crippen LogP contribution is -2.19. The normalized spacial score (nSPS) is 12.0. The maximum atomic E-state index is 11.8. The van der Waals surface area contributed by atoms with Crippen LogP contribution in [0.2, 0.25) is 0 Å². The fourth-order valence-corrected chi connectivity index (χ4v) is 3.61. The molecule has 0 spiro atoms. The summed E-state index contributed by atoms with van der Waals surface area (Å²) in [7, 11) is 0.0815. The summed E-state index contributed by atoms with van der Waals surface area (Å²) >= 11 is 0. The number of nitrogens with zero attached hydrogens (tertiary/aromatic N) is 2. The number of pyridine rings is 1. The van der Waals surface area contributed by atoms with Gasteiger partial charge in [-0.05, 0) is 48.8 Å². The van der Waals surface area contributed by atoms with Gasteiger partial charge in [-0.15, -0.1) is 0 Å². The lowest BCUT2D eigenvalue weighted by molar-refractivity contribution is 0.320. The third-order valence-corrected chi connectivity index (χ3v) is 5.60. The van der Waals surface area contributed by atoms with Gasteiger partial charge in [-0.3, -0.25) is 9.88 Å². The van der Waals surface area contributed by atoms with Crippen LogP contribution in [-0.4, -0.2) is 32.4 Å². The van der Waals surface area contributed by atoms with Crippen molar-refractivity contribution in [2.75, 3.05) is 14.1 Å². The highest BCUT2D eigenvalue weighted by atomic mass is 32.2. The summed E-state index contributed by atoms with van der Waals surface area (Å²) in [5.41, 5.74) is 2.32. The topological polar surface area (TPSA) is 62.3 Å². The van der Waals surface area contributed by atoms with Gasteiger partial charge in [-0.25, -0.2) is 13.1 Å². The van der Waals surface area contributed by atoms with Crippen molar-refractivity contribution in [2.24, 2.45) is 0 Å². The Morgan fingerprint density at radius 3 is 2.52 bits per heavy atom.